The standard InChI is InChI=1S/C20H23FN6O/c1-19(2)12-20(19,13-7-5-6-8-14(13)21)18-24-15(11-16(28)22-3)25-27(18)17-9-10-23-26(17)4/h5-10H,11-12H2,1-4H3,(H,22,28). The zero-order valence-electron chi connectivity index (χ0n) is 16.4. The van der Waals surface area contributed by atoms with Crippen molar-refractivity contribution in [3.05, 3.63) is 59.6 Å². The van der Waals surface area contributed by atoms with Crippen molar-refractivity contribution in [3.8, 4) is 5.82 Å². The highest BCUT2D eigenvalue weighted by Gasteiger charge is 2.67. The lowest BCUT2D eigenvalue weighted by molar-refractivity contribution is -0.120. The van der Waals surface area contributed by atoms with Crippen molar-refractivity contribution in [3.63, 3.8) is 0 Å². The summed E-state index contributed by atoms with van der Waals surface area (Å²) in [4.78, 5) is 16.6. The van der Waals surface area contributed by atoms with Crippen LogP contribution in [0.1, 0.15) is 37.5 Å². The Morgan fingerprint density at radius 2 is 2.00 bits per heavy atom. The fraction of sp³-hybridized carbons (Fsp3) is 0.400. The number of carbonyl (C=O) groups excluding carboxylic acids is 1. The molecule has 28 heavy (non-hydrogen) atoms. The van der Waals surface area contributed by atoms with Gasteiger partial charge in [0.05, 0.1) is 18.0 Å². The van der Waals surface area contributed by atoms with Gasteiger partial charge in [0.1, 0.15) is 11.6 Å². The summed E-state index contributed by atoms with van der Waals surface area (Å²) in [6.07, 6.45) is 2.46. The lowest BCUT2D eigenvalue weighted by atomic mass is 9.86. The summed E-state index contributed by atoms with van der Waals surface area (Å²) in [6.45, 7) is 4.19. The molecule has 1 saturated carbocycles. The van der Waals surface area contributed by atoms with E-state index in [4.69, 9.17) is 4.98 Å². The molecule has 0 bridgehead atoms. The number of benzene rings is 1. The average Bonchev–Trinajstić information content (AvgIpc) is 2.97. The molecule has 0 radical (unpaired) electrons. The van der Waals surface area contributed by atoms with E-state index < -0.39 is 5.41 Å². The van der Waals surface area contributed by atoms with Crippen molar-refractivity contribution >= 4 is 5.91 Å². The number of aryl methyl sites for hydroxylation is 1. The summed E-state index contributed by atoms with van der Waals surface area (Å²) >= 11 is 0. The minimum absolute atomic E-state index is 0.0577. The first-order valence-corrected chi connectivity index (χ1v) is 9.20. The van der Waals surface area contributed by atoms with Crippen LogP contribution >= 0.6 is 0 Å². The van der Waals surface area contributed by atoms with Crippen molar-refractivity contribution in [1.82, 2.24) is 29.9 Å². The first kappa shape index (κ1) is 18.3. The second kappa shape index (κ2) is 6.25. The van der Waals surface area contributed by atoms with Crippen LogP contribution in [0.25, 0.3) is 5.82 Å². The monoisotopic (exact) mass is 382 g/mol. The van der Waals surface area contributed by atoms with Crippen LogP contribution in [0.3, 0.4) is 0 Å². The highest BCUT2D eigenvalue weighted by Crippen LogP contribution is 2.67. The predicted molar refractivity (Wildman–Crippen MR) is 101 cm³/mol. The first-order chi connectivity index (χ1) is 13.3. The van der Waals surface area contributed by atoms with Crippen LogP contribution in [0.15, 0.2) is 36.5 Å². The van der Waals surface area contributed by atoms with Crippen LogP contribution < -0.4 is 5.32 Å². The Kier molecular flexibility index (Phi) is 4.10. The summed E-state index contributed by atoms with van der Waals surface area (Å²) < 4.78 is 18.2. The third-order valence-electron chi connectivity index (χ3n) is 5.71. The van der Waals surface area contributed by atoms with Gasteiger partial charge in [0.2, 0.25) is 5.91 Å². The van der Waals surface area contributed by atoms with E-state index in [0.29, 0.717) is 23.0 Å². The molecule has 8 heteroatoms. The minimum atomic E-state index is -0.628. The van der Waals surface area contributed by atoms with E-state index in [0.717, 1.165) is 6.42 Å². The van der Waals surface area contributed by atoms with E-state index in [1.807, 2.05) is 25.2 Å². The third-order valence-corrected chi connectivity index (χ3v) is 5.71. The van der Waals surface area contributed by atoms with E-state index in [1.54, 1.807) is 28.7 Å². The Balaban J connectivity index is 1.94. The molecule has 1 unspecified atom stereocenters. The van der Waals surface area contributed by atoms with E-state index in [2.05, 4.69) is 29.4 Å². The third kappa shape index (κ3) is 2.63. The maximum Gasteiger partial charge on any atom is 0.227 e. The molecule has 146 valence electrons. The molecule has 0 aliphatic heterocycles. The van der Waals surface area contributed by atoms with Gasteiger partial charge in [0.25, 0.3) is 0 Å². The van der Waals surface area contributed by atoms with Gasteiger partial charge >= 0.3 is 0 Å². The van der Waals surface area contributed by atoms with Crippen molar-refractivity contribution < 1.29 is 9.18 Å². The molecule has 1 aliphatic carbocycles. The smallest absolute Gasteiger partial charge is 0.227 e. The highest BCUT2D eigenvalue weighted by atomic mass is 19.1. The highest BCUT2D eigenvalue weighted by molar-refractivity contribution is 5.77. The fourth-order valence-corrected chi connectivity index (χ4v) is 4.06. The molecular formula is C20H23FN6O. The summed E-state index contributed by atoms with van der Waals surface area (Å²) in [5.41, 5.74) is -0.235. The Hall–Kier alpha value is -3.03. The number of nitrogens with zero attached hydrogens (tertiary/aromatic N) is 5. The van der Waals surface area contributed by atoms with Gasteiger partial charge in [0, 0.05) is 25.7 Å². The van der Waals surface area contributed by atoms with Gasteiger partial charge in [-0.05, 0) is 17.9 Å². The number of halogens is 1. The maximum atomic E-state index is 14.8. The van der Waals surface area contributed by atoms with Crippen LogP contribution in [0.5, 0.6) is 0 Å². The summed E-state index contributed by atoms with van der Waals surface area (Å²) in [5.74, 6) is 1.30. The zero-order chi connectivity index (χ0) is 20.1. The largest absolute Gasteiger partial charge is 0.359 e. The molecule has 7 nitrogen and oxygen atoms in total. The number of amides is 1. The second-order valence-electron chi connectivity index (χ2n) is 7.87. The van der Waals surface area contributed by atoms with Gasteiger partial charge in [-0.15, -0.1) is 5.10 Å². The normalized spacial score (nSPS) is 20.2. The van der Waals surface area contributed by atoms with Crippen LogP contribution in [0, 0.1) is 11.2 Å². The van der Waals surface area contributed by atoms with Gasteiger partial charge in [-0.3, -0.25) is 9.48 Å². The van der Waals surface area contributed by atoms with E-state index in [-0.39, 0.29) is 23.6 Å². The lowest BCUT2D eigenvalue weighted by Crippen LogP contribution is -2.24. The number of hydrogen-bond donors (Lipinski definition) is 1. The van der Waals surface area contributed by atoms with E-state index in [9.17, 15) is 9.18 Å². The lowest BCUT2D eigenvalue weighted by Gasteiger charge is -2.21. The Morgan fingerprint density at radius 1 is 1.29 bits per heavy atom. The summed E-state index contributed by atoms with van der Waals surface area (Å²) in [6, 6.07) is 8.63. The molecule has 3 aromatic rings. The molecule has 1 aromatic carbocycles. The van der Waals surface area contributed by atoms with Crippen LogP contribution in [-0.2, 0) is 23.7 Å². The Bertz CT molecular complexity index is 1050. The molecule has 1 atom stereocenters. The van der Waals surface area contributed by atoms with Crippen molar-refractivity contribution in [2.75, 3.05) is 7.05 Å². The summed E-state index contributed by atoms with van der Waals surface area (Å²) in [5, 5.41) is 11.4. The van der Waals surface area contributed by atoms with Crippen molar-refractivity contribution in [2.24, 2.45) is 12.5 Å². The van der Waals surface area contributed by atoms with Crippen molar-refractivity contribution in [2.45, 2.75) is 32.1 Å². The quantitative estimate of drug-likeness (QED) is 0.733. The van der Waals surface area contributed by atoms with Gasteiger partial charge in [-0.25, -0.2) is 9.37 Å². The van der Waals surface area contributed by atoms with Crippen molar-refractivity contribution in [1.29, 1.82) is 0 Å². The number of aromatic nitrogens is 5. The average molecular weight is 382 g/mol. The van der Waals surface area contributed by atoms with Crippen LogP contribution in [-0.4, -0.2) is 37.5 Å². The zero-order valence-corrected chi connectivity index (χ0v) is 16.4. The molecule has 2 aromatic heterocycles. The molecule has 0 saturated heterocycles. The van der Waals surface area contributed by atoms with Crippen LogP contribution in [0.2, 0.25) is 0 Å². The molecule has 0 spiro atoms. The SMILES string of the molecule is CNC(=O)Cc1nc(C2(c3ccccc3F)CC2(C)C)n(-c2ccnn2C)n1. The number of likely N-dealkylation sites (N-methyl/N-ethyl adjacent to an activating group) is 1. The molecule has 1 aliphatic rings. The van der Waals surface area contributed by atoms with E-state index >= 15 is 0 Å². The maximum absolute atomic E-state index is 14.8. The van der Waals surface area contributed by atoms with E-state index in [1.165, 1.54) is 6.07 Å². The van der Waals surface area contributed by atoms with Gasteiger partial charge in [0.15, 0.2) is 11.6 Å². The van der Waals surface area contributed by atoms with Gasteiger partial charge < -0.3 is 5.32 Å². The number of hydrogen-bond acceptors (Lipinski definition) is 4. The van der Waals surface area contributed by atoms with Gasteiger partial charge in [-0.1, -0.05) is 32.0 Å². The molecule has 1 N–H and O–H groups in total. The molecule has 1 amide bonds. The summed E-state index contributed by atoms with van der Waals surface area (Å²) in [7, 11) is 3.39. The fourth-order valence-electron chi connectivity index (χ4n) is 4.06. The van der Waals surface area contributed by atoms with Crippen LogP contribution in [0.4, 0.5) is 4.39 Å². The first-order valence-electron chi connectivity index (χ1n) is 9.20. The number of nitrogens with one attached hydrogen (secondary N) is 1. The molecule has 2 heterocycles. The molecular weight excluding hydrogens is 359 g/mol. The number of rotatable bonds is 5. The predicted octanol–water partition coefficient (Wildman–Crippen LogP) is 2.14. The Morgan fingerprint density at radius 3 is 2.57 bits per heavy atom. The second-order valence-corrected chi connectivity index (χ2v) is 7.87. The number of carbonyl (C=O) groups is 1. The Labute approximate surface area is 162 Å². The molecule has 4 rings (SSSR count). The minimum Gasteiger partial charge on any atom is -0.359 e. The van der Waals surface area contributed by atoms with Gasteiger partial charge in [-0.2, -0.15) is 9.78 Å². The molecule has 1 fully saturated rings. The topological polar surface area (TPSA) is 77.6 Å².